The number of hydrogen-bond acceptors (Lipinski definition) is 4. The molecule has 2 rings (SSSR count). The van der Waals surface area contributed by atoms with Crippen LogP contribution in [0.25, 0.3) is 0 Å². The van der Waals surface area contributed by atoms with Gasteiger partial charge >= 0.3 is 5.97 Å². The lowest BCUT2D eigenvalue weighted by molar-refractivity contribution is -0.120. The lowest BCUT2D eigenvalue weighted by atomic mass is 9.86. The average molecular weight is 339 g/mol. The van der Waals surface area contributed by atoms with E-state index in [0.717, 1.165) is 12.8 Å². The second-order valence-corrected chi connectivity index (χ2v) is 6.38. The van der Waals surface area contributed by atoms with Gasteiger partial charge in [0, 0.05) is 11.7 Å². The standard InChI is InChI=1S/C17H23ClN2O3/c1-11-5-3-4-6-15(11)20-16(21)10-19-12-7-8-14(18)13(9-12)17(22)23-2/h7-9,11,15,19H,3-6,10H2,1-2H3,(H,20,21)/t11-,15-/m1/s1. The zero-order chi connectivity index (χ0) is 16.8. The predicted octanol–water partition coefficient (Wildman–Crippen LogP) is 3.23. The third kappa shape index (κ3) is 4.86. The zero-order valence-electron chi connectivity index (χ0n) is 13.5. The van der Waals surface area contributed by atoms with Crippen molar-refractivity contribution in [2.45, 2.75) is 38.6 Å². The van der Waals surface area contributed by atoms with Gasteiger partial charge in [0.15, 0.2) is 0 Å². The summed E-state index contributed by atoms with van der Waals surface area (Å²) in [5.41, 5.74) is 0.933. The monoisotopic (exact) mass is 338 g/mol. The van der Waals surface area contributed by atoms with Crippen LogP contribution in [-0.4, -0.2) is 31.6 Å². The molecule has 2 atom stereocenters. The first-order valence-electron chi connectivity index (χ1n) is 7.92. The van der Waals surface area contributed by atoms with Gasteiger partial charge < -0.3 is 15.4 Å². The lowest BCUT2D eigenvalue weighted by Crippen LogP contribution is -2.43. The van der Waals surface area contributed by atoms with Crippen LogP contribution < -0.4 is 10.6 Å². The molecule has 1 amide bonds. The number of benzene rings is 1. The Morgan fingerprint density at radius 3 is 2.74 bits per heavy atom. The van der Waals surface area contributed by atoms with E-state index in [9.17, 15) is 9.59 Å². The van der Waals surface area contributed by atoms with Crippen LogP contribution in [0.4, 0.5) is 5.69 Å². The van der Waals surface area contributed by atoms with Crippen molar-refractivity contribution in [1.82, 2.24) is 5.32 Å². The number of carbonyl (C=O) groups is 2. The fourth-order valence-electron chi connectivity index (χ4n) is 2.87. The third-order valence-electron chi connectivity index (χ3n) is 4.28. The van der Waals surface area contributed by atoms with Crippen molar-refractivity contribution >= 4 is 29.2 Å². The Balaban J connectivity index is 1.90. The summed E-state index contributed by atoms with van der Waals surface area (Å²) in [6.07, 6.45) is 4.62. The van der Waals surface area contributed by atoms with Crippen LogP contribution in [0.3, 0.4) is 0 Å². The summed E-state index contributed by atoms with van der Waals surface area (Å²) >= 11 is 5.97. The maximum absolute atomic E-state index is 12.1. The summed E-state index contributed by atoms with van der Waals surface area (Å²) in [6.45, 7) is 2.34. The normalized spacial score (nSPS) is 20.7. The van der Waals surface area contributed by atoms with Gasteiger partial charge in [0.1, 0.15) is 0 Å². The van der Waals surface area contributed by atoms with Crippen molar-refractivity contribution in [3.8, 4) is 0 Å². The number of hydrogen-bond donors (Lipinski definition) is 2. The van der Waals surface area contributed by atoms with E-state index in [-0.39, 0.29) is 24.1 Å². The summed E-state index contributed by atoms with van der Waals surface area (Å²) in [4.78, 5) is 23.7. The number of amides is 1. The maximum Gasteiger partial charge on any atom is 0.339 e. The SMILES string of the molecule is COC(=O)c1cc(NCC(=O)N[C@@H]2CCCC[C@H]2C)ccc1Cl. The van der Waals surface area contributed by atoms with Gasteiger partial charge in [0.25, 0.3) is 0 Å². The molecule has 0 saturated heterocycles. The van der Waals surface area contributed by atoms with Gasteiger partial charge in [-0.2, -0.15) is 0 Å². The third-order valence-corrected chi connectivity index (χ3v) is 4.61. The molecule has 23 heavy (non-hydrogen) atoms. The molecule has 0 spiro atoms. The highest BCUT2D eigenvalue weighted by Crippen LogP contribution is 2.24. The number of carbonyl (C=O) groups excluding carboxylic acids is 2. The molecule has 1 saturated carbocycles. The largest absolute Gasteiger partial charge is 0.465 e. The fraction of sp³-hybridized carbons (Fsp3) is 0.529. The fourth-order valence-corrected chi connectivity index (χ4v) is 3.07. The smallest absolute Gasteiger partial charge is 0.339 e. The Morgan fingerprint density at radius 2 is 2.04 bits per heavy atom. The second kappa shape index (κ2) is 8.20. The molecule has 0 bridgehead atoms. The molecule has 1 aromatic carbocycles. The van der Waals surface area contributed by atoms with E-state index in [1.165, 1.54) is 20.0 Å². The quantitative estimate of drug-likeness (QED) is 0.809. The Morgan fingerprint density at radius 1 is 1.30 bits per heavy atom. The van der Waals surface area contributed by atoms with Gasteiger partial charge in [-0.25, -0.2) is 4.79 Å². The highest BCUT2D eigenvalue weighted by atomic mass is 35.5. The minimum Gasteiger partial charge on any atom is -0.465 e. The molecule has 126 valence electrons. The van der Waals surface area contributed by atoms with Gasteiger partial charge in [-0.3, -0.25) is 4.79 Å². The van der Waals surface area contributed by atoms with Crippen LogP contribution in [-0.2, 0) is 9.53 Å². The Labute approximate surface area is 141 Å². The molecule has 1 aliphatic rings. The molecule has 0 unspecified atom stereocenters. The Bertz CT molecular complexity index is 577. The highest BCUT2D eigenvalue weighted by molar-refractivity contribution is 6.33. The molecule has 5 nitrogen and oxygen atoms in total. The highest BCUT2D eigenvalue weighted by Gasteiger charge is 2.22. The van der Waals surface area contributed by atoms with Crippen LogP contribution in [0.1, 0.15) is 43.0 Å². The van der Waals surface area contributed by atoms with E-state index >= 15 is 0 Å². The molecule has 1 aromatic rings. The van der Waals surface area contributed by atoms with Gasteiger partial charge in [0.2, 0.25) is 5.91 Å². The first-order chi connectivity index (χ1) is 11.0. The number of anilines is 1. The van der Waals surface area contributed by atoms with Crippen molar-refractivity contribution in [2.75, 3.05) is 19.0 Å². The van der Waals surface area contributed by atoms with Gasteiger partial charge in [-0.1, -0.05) is 31.4 Å². The molecule has 1 fully saturated rings. The molecule has 0 radical (unpaired) electrons. The number of esters is 1. The van der Waals surface area contributed by atoms with Crippen LogP contribution in [0.15, 0.2) is 18.2 Å². The van der Waals surface area contributed by atoms with E-state index in [1.807, 2.05) is 0 Å². The van der Waals surface area contributed by atoms with Crippen LogP contribution in [0.2, 0.25) is 5.02 Å². The Kier molecular flexibility index (Phi) is 6.28. The van der Waals surface area contributed by atoms with Gasteiger partial charge in [-0.05, 0) is 37.0 Å². The molecule has 2 N–H and O–H groups in total. The van der Waals surface area contributed by atoms with Crippen molar-refractivity contribution in [3.63, 3.8) is 0 Å². The van der Waals surface area contributed by atoms with Crippen LogP contribution in [0, 0.1) is 5.92 Å². The summed E-state index contributed by atoms with van der Waals surface area (Å²) < 4.78 is 4.68. The summed E-state index contributed by atoms with van der Waals surface area (Å²) in [5, 5.41) is 6.42. The summed E-state index contributed by atoms with van der Waals surface area (Å²) in [6, 6.07) is 5.18. The second-order valence-electron chi connectivity index (χ2n) is 5.98. The van der Waals surface area contributed by atoms with Crippen LogP contribution >= 0.6 is 11.6 Å². The van der Waals surface area contributed by atoms with Gasteiger partial charge in [0.05, 0.1) is 24.2 Å². The lowest BCUT2D eigenvalue weighted by Gasteiger charge is -2.29. The van der Waals surface area contributed by atoms with E-state index < -0.39 is 5.97 Å². The molecule has 0 heterocycles. The number of ether oxygens (including phenoxy) is 1. The molecule has 6 heteroatoms. The topological polar surface area (TPSA) is 67.4 Å². The van der Waals surface area contributed by atoms with E-state index in [0.29, 0.717) is 16.6 Å². The minimum absolute atomic E-state index is 0.0432. The van der Waals surface area contributed by atoms with E-state index in [2.05, 4.69) is 22.3 Å². The molecule has 0 aliphatic heterocycles. The number of methoxy groups -OCH3 is 1. The number of nitrogens with one attached hydrogen (secondary N) is 2. The predicted molar refractivity (Wildman–Crippen MR) is 90.8 cm³/mol. The molecule has 1 aliphatic carbocycles. The summed E-state index contributed by atoms with van der Waals surface area (Å²) in [7, 11) is 1.30. The number of halogens is 1. The molecular formula is C17H23ClN2O3. The van der Waals surface area contributed by atoms with Crippen molar-refractivity contribution in [1.29, 1.82) is 0 Å². The molecule has 0 aromatic heterocycles. The maximum atomic E-state index is 12.1. The Hall–Kier alpha value is -1.75. The summed E-state index contributed by atoms with van der Waals surface area (Å²) in [5.74, 6) is -0.0217. The van der Waals surface area contributed by atoms with Crippen molar-refractivity contribution in [3.05, 3.63) is 28.8 Å². The van der Waals surface area contributed by atoms with Crippen molar-refractivity contribution < 1.29 is 14.3 Å². The zero-order valence-corrected chi connectivity index (χ0v) is 14.3. The van der Waals surface area contributed by atoms with E-state index in [4.69, 9.17) is 11.6 Å². The number of rotatable bonds is 5. The first kappa shape index (κ1) is 17.6. The average Bonchev–Trinajstić information content (AvgIpc) is 2.55. The van der Waals surface area contributed by atoms with Crippen LogP contribution in [0.5, 0.6) is 0 Å². The van der Waals surface area contributed by atoms with Gasteiger partial charge in [-0.15, -0.1) is 0 Å². The van der Waals surface area contributed by atoms with E-state index in [1.54, 1.807) is 18.2 Å². The first-order valence-corrected chi connectivity index (χ1v) is 8.30. The minimum atomic E-state index is -0.501. The molecular weight excluding hydrogens is 316 g/mol. The van der Waals surface area contributed by atoms with Crippen molar-refractivity contribution in [2.24, 2.45) is 5.92 Å².